The van der Waals surface area contributed by atoms with Gasteiger partial charge in [-0.15, -0.1) is 0 Å². The van der Waals surface area contributed by atoms with Crippen LogP contribution in [0.15, 0.2) is 78.9 Å². The summed E-state index contributed by atoms with van der Waals surface area (Å²) in [6.07, 6.45) is 2.00. The Kier molecular flexibility index (Phi) is 5.75. The van der Waals surface area contributed by atoms with Gasteiger partial charge >= 0.3 is 0 Å². The van der Waals surface area contributed by atoms with Gasteiger partial charge in [-0.3, -0.25) is 4.79 Å². The van der Waals surface area contributed by atoms with Crippen molar-refractivity contribution in [2.45, 2.75) is 39.0 Å². The molecule has 1 heterocycles. The average Bonchev–Trinajstić information content (AvgIpc) is 2.78. The molecule has 3 aromatic rings. The number of anilines is 1. The molecule has 1 atom stereocenters. The van der Waals surface area contributed by atoms with Crippen LogP contribution in [0.3, 0.4) is 0 Å². The minimum atomic E-state index is -0.613. The number of ether oxygens (including phenoxy) is 1. The van der Waals surface area contributed by atoms with E-state index < -0.39 is 5.66 Å². The molecule has 0 fully saturated rings. The maximum absolute atomic E-state index is 13.3. The highest BCUT2D eigenvalue weighted by molar-refractivity contribution is 6.02. The van der Waals surface area contributed by atoms with Crippen LogP contribution in [-0.4, -0.2) is 17.4 Å². The summed E-state index contributed by atoms with van der Waals surface area (Å²) in [6.45, 7) is 5.46. The lowest BCUT2D eigenvalue weighted by Crippen LogP contribution is -2.56. The number of carbonyl (C=O) groups is 1. The van der Waals surface area contributed by atoms with E-state index >= 15 is 0 Å². The van der Waals surface area contributed by atoms with Gasteiger partial charge in [0.2, 0.25) is 0 Å². The summed E-state index contributed by atoms with van der Waals surface area (Å²) >= 11 is 0. The van der Waals surface area contributed by atoms with Crippen molar-refractivity contribution in [2.75, 3.05) is 11.9 Å². The highest BCUT2D eigenvalue weighted by Gasteiger charge is 2.41. The predicted octanol–water partition coefficient (Wildman–Crippen LogP) is 5.81. The molecule has 0 spiro atoms. The normalized spacial score (nSPS) is 17.9. The summed E-state index contributed by atoms with van der Waals surface area (Å²) < 4.78 is 5.94. The Morgan fingerprint density at radius 2 is 1.63 bits per heavy atom. The van der Waals surface area contributed by atoms with Gasteiger partial charge in [0.1, 0.15) is 18.0 Å². The molecule has 4 rings (SSSR count). The van der Waals surface area contributed by atoms with Crippen molar-refractivity contribution in [3.05, 3.63) is 95.6 Å². The Labute approximate surface area is 178 Å². The second kappa shape index (κ2) is 8.62. The minimum absolute atomic E-state index is 0.0738. The van der Waals surface area contributed by atoms with E-state index in [0.717, 1.165) is 41.0 Å². The molecule has 0 bridgehead atoms. The number of unbranched alkanes of at least 4 members (excludes halogenated alkanes) is 1. The van der Waals surface area contributed by atoms with E-state index in [-0.39, 0.29) is 5.91 Å². The number of benzene rings is 3. The van der Waals surface area contributed by atoms with Crippen LogP contribution in [0.2, 0.25) is 0 Å². The van der Waals surface area contributed by atoms with E-state index in [9.17, 15) is 4.79 Å². The van der Waals surface area contributed by atoms with Crippen LogP contribution in [0.1, 0.15) is 48.2 Å². The van der Waals surface area contributed by atoms with Crippen LogP contribution < -0.4 is 10.1 Å². The van der Waals surface area contributed by atoms with E-state index in [1.807, 2.05) is 71.6 Å². The summed E-state index contributed by atoms with van der Waals surface area (Å²) in [5.41, 5.74) is 3.17. The molecule has 30 heavy (non-hydrogen) atoms. The van der Waals surface area contributed by atoms with Crippen LogP contribution in [0, 0.1) is 0 Å². The Morgan fingerprint density at radius 1 is 0.933 bits per heavy atom. The number of nitrogens with zero attached hydrogens (tertiary/aromatic N) is 1. The fourth-order valence-corrected chi connectivity index (χ4v) is 3.94. The summed E-state index contributed by atoms with van der Waals surface area (Å²) in [7, 11) is 0. The van der Waals surface area contributed by atoms with Gasteiger partial charge in [0, 0.05) is 12.2 Å². The lowest BCUT2D eigenvalue weighted by molar-refractivity contribution is 0.0531. The van der Waals surface area contributed by atoms with Gasteiger partial charge in [-0.05, 0) is 48.7 Å². The Balaban J connectivity index is 1.59. The molecular formula is C26H28N2O2. The zero-order chi connectivity index (χ0) is 21.0. The third-order valence-corrected chi connectivity index (χ3v) is 5.72. The number of carbonyl (C=O) groups excluding carboxylic acids is 1. The lowest BCUT2D eigenvalue weighted by Gasteiger charge is -2.47. The Bertz CT molecular complexity index is 1000. The van der Waals surface area contributed by atoms with Crippen LogP contribution in [0.5, 0.6) is 5.75 Å². The molecule has 3 aromatic carbocycles. The topological polar surface area (TPSA) is 41.6 Å². The smallest absolute Gasteiger partial charge is 0.258 e. The fraction of sp³-hybridized carbons (Fsp3) is 0.269. The molecular weight excluding hydrogens is 372 g/mol. The van der Waals surface area contributed by atoms with Crippen molar-refractivity contribution < 1.29 is 9.53 Å². The second-order valence-electron chi connectivity index (χ2n) is 7.85. The first-order valence-corrected chi connectivity index (χ1v) is 10.6. The van der Waals surface area contributed by atoms with Gasteiger partial charge in [0.25, 0.3) is 5.91 Å². The standard InChI is InChI=1S/C26H28N2O2/c1-3-4-18-28-25(29)23-12-8-9-13-24(23)27-26(28,2)21-14-16-22(17-15-21)30-19-20-10-6-5-7-11-20/h5-17,27H,3-4,18-19H2,1-2H3. The van der Waals surface area contributed by atoms with Crippen molar-refractivity contribution in [1.82, 2.24) is 4.90 Å². The molecule has 0 saturated carbocycles. The zero-order valence-corrected chi connectivity index (χ0v) is 17.6. The summed E-state index contributed by atoms with van der Waals surface area (Å²) in [4.78, 5) is 15.3. The monoisotopic (exact) mass is 400 g/mol. The molecule has 4 nitrogen and oxygen atoms in total. The molecule has 1 N–H and O–H groups in total. The van der Waals surface area contributed by atoms with Crippen LogP contribution in [0.4, 0.5) is 5.69 Å². The van der Waals surface area contributed by atoms with E-state index in [0.29, 0.717) is 13.2 Å². The second-order valence-corrected chi connectivity index (χ2v) is 7.85. The molecule has 0 aliphatic carbocycles. The van der Waals surface area contributed by atoms with E-state index in [4.69, 9.17) is 4.74 Å². The van der Waals surface area contributed by atoms with Crippen molar-refractivity contribution in [3.8, 4) is 5.75 Å². The fourth-order valence-electron chi connectivity index (χ4n) is 3.94. The average molecular weight is 401 g/mol. The summed E-state index contributed by atoms with van der Waals surface area (Å²) in [6, 6.07) is 25.9. The maximum Gasteiger partial charge on any atom is 0.258 e. The highest BCUT2D eigenvalue weighted by Crippen LogP contribution is 2.38. The first-order chi connectivity index (χ1) is 14.6. The number of hydrogen-bond acceptors (Lipinski definition) is 3. The van der Waals surface area contributed by atoms with Crippen molar-refractivity contribution in [3.63, 3.8) is 0 Å². The summed E-state index contributed by atoms with van der Waals surface area (Å²) in [5.74, 6) is 0.888. The Morgan fingerprint density at radius 3 is 2.37 bits per heavy atom. The van der Waals surface area contributed by atoms with Gasteiger partial charge in [-0.1, -0.05) is 67.9 Å². The van der Waals surface area contributed by atoms with Crippen molar-refractivity contribution >= 4 is 11.6 Å². The number of amides is 1. The van der Waals surface area contributed by atoms with Gasteiger partial charge in [-0.25, -0.2) is 0 Å². The van der Waals surface area contributed by atoms with Crippen LogP contribution in [0.25, 0.3) is 0 Å². The number of hydrogen-bond donors (Lipinski definition) is 1. The number of fused-ring (bicyclic) bond motifs is 1. The van der Waals surface area contributed by atoms with Gasteiger partial charge in [-0.2, -0.15) is 0 Å². The first-order valence-electron chi connectivity index (χ1n) is 10.6. The van der Waals surface area contributed by atoms with Gasteiger partial charge in [0.15, 0.2) is 0 Å². The maximum atomic E-state index is 13.3. The number of para-hydroxylation sites is 1. The molecule has 1 unspecified atom stereocenters. The first kappa shape index (κ1) is 20.0. The lowest BCUT2D eigenvalue weighted by atomic mass is 9.93. The predicted molar refractivity (Wildman–Crippen MR) is 121 cm³/mol. The minimum Gasteiger partial charge on any atom is -0.489 e. The molecule has 1 amide bonds. The van der Waals surface area contributed by atoms with Crippen molar-refractivity contribution in [2.24, 2.45) is 0 Å². The van der Waals surface area contributed by atoms with Gasteiger partial charge in [0.05, 0.1) is 5.56 Å². The van der Waals surface area contributed by atoms with Crippen LogP contribution in [-0.2, 0) is 12.3 Å². The quantitative estimate of drug-likeness (QED) is 0.544. The molecule has 0 saturated heterocycles. The van der Waals surface area contributed by atoms with E-state index in [2.05, 4.69) is 31.3 Å². The largest absolute Gasteiger partial charge is 0.489 e. The number of nitrogens with one attached hydrogen (secondary N) is 1. The van der Waals surface area contributed by atoms with Crippen molar-refractivity contribution in [1.29, 1.82) is 0 Å². The third kappa shape index (κ3) is 3.90. The van der Waals surface area contributed by atoms with Gasteiger partial charge < -0.3 is 15.0 Å². The SMILES string of the molecule is CCCCN1C(=O)c2ccccc2NC1(C)c1ccc(OCc2ccccc2)cc1. The number of rotatable bonds is 7. The molecule has 4 heteroatoms. The molecule has 154 valence electrons. The highest BCUT2D eigenvalue weighted by atomic mass is 16.5. The molecule has 0 radical (unpaired) electrons. The van der Waals surface area contributed by atoms with E-state index in [1.54, 1.807) is 0 Å². The Hall–Kier alpha value is -3.27. The van der Waals surface area contributed by atoms with Crippen LogP contribution >= 0.6 is 0 Å². The zero-order valence-electron chi connectivity index (χ0n) is 17.6. The summed E-state index contributed by atoms with van der Waals surface area (Å²) in [5, 5.41) is 3.62. The third-order valence-electron chi connectivity index (χ3n) is 5.72. The molecule has 1 aliphatic rings. The van der Waals surface area contributed by atoms with E-state index in [1.165, 1.54) is 0 Å². The molecule has 1 aliphatic heterocycles. The molecule has 0 aromatic heterocycles.